The second-order valence-corrected chi connectivity index (χ2v) is 12.9. The summed E-state index contributed by atoms with van der Waals surface area (Å²) >= 11 is 0. The van der Waals surface area contributed by atoms with Gasteiger partial charge in [0, 0.05) is 48.2 Å². The Morgan fingerprint density at radius 2 is 1.67 bits per heavy atom. The van der Waals surface area contributed by atoms with Crippen LogP contribution < -0.4 is 10.1 Å². The number of rotatable bonds is 11. The van der Waals surface area contributed by atoms with E-state index in [0.717, 1.165) is 34.2 Å². The Morgan fingerprint density at radius 3 is 2.26 bits per heavy atom. The van der Waals surface area contributed by atoms with E-state index in [1.807, 2.05) is 65.2 Å². The van der Waals surface area contributed by atoms with Gasteiger partial charge >= 0.3 is 6.01 Å². The highest BCUT2D eigenvalue weighted by molar-refractivity contribution is 7.85. The van der Waals surface area contributed by atoms with Crippen LogP contribution in [0.5, 0.6) is 11.8 Å². The molecule has 0 spiro atoms. The van der Waals surface area contributed by atoms with E-state index in [2.05, 4.69) is 20.4 Å². The average molecular weight is 592 g/mol. The van der Waals surface area contributed by atoms with Crippen molar-refractivity contribution in [1.29, 1.82) is 0 Å². The van der Waals surface area contributed by atoms with Crippen molar-refractivity contribution < 1.29 is 22.5 Å². The summed E-state index contributed by atoms with van der Waals surface area (Å²) in [6.07, 6.45) is 9.61. The SMILES string of the molecule is Cc1ccc(S(=O)(=O)O)cc1CCC(CCc1ccc(Oc2ncc(-c3cnn(C)c3)cn2)cc1)NC(=O)C(C)(C)C. The highest BCUT2D eigenvalue weighted by Crippen LogP contribution is 2.23. The van der Waals surface area contributed by atoms with E-state index in [9.17, 15) is 17.8 Å². The number of benzene rings is 2. The topological polar surface area (TPSA) is 136 Å². The third-order valence-electron chi connectivity index (χ3n) is 6.98. The van der Waals surface area contributed by atoms with Gasteiger partial charge in [0.15, 0.2) is 0 Å². The third-order valence-corrected chi connectivity index (χ3v) is 7.83. The Hall–Kier alpha value is -4.09. The van der Waals surface area contributed by atoms with Gasteiger partial charge in [0.05, 0.1) is 11.1 Å². The minimum atomic E-state index is -4.29. The largest absolute Gasteiger partial charge is 0.424 e. The van der Waals surface area contributed by atoms with Crippen LogP contribution in [0.15, 0.2) is 72.1 Å². The zero-order valence-electron chi connectivity index (χ0n) is 24.5. The van der Waals surface area contributed by atoms with Gasteiger partial charge in [0.1, 0.15) is 5.75 Å². The molecule has 0 aliphatic rings. The van der Waals surface area contributed by atoms with Gasteiger partial charge in [-0.25, -0.2) is 9.97 Å². The fourth-order valence-corrected chi connectivity index (χ4v) is 4.89. The summed E-state index contributed by atoms with van der Waals surface area (Å²) in [5, 5.41) is 7.33. The maximum atomic E-state index is 12.8. The first-order chi connectivity index (χ1) is 19.8. The molecule has 10 nitrogen and oxygen atoms in total. The predicted octanol–water partition coefficient (Wildman–Crippen LogP) is 5.32. The molecule has 0 aliphatic heterocycles. The highest BCUT2D eigenvalue weighted by Gasteiger charge is 2.24. The van der Waals surface area contributed by atoms with Crippen molar-refractivity contribution in [3.05, 3.63) is 83.9 Å². The number of hydrogen-bond donors (Lipinski definition) is 2. The highest BCUT2D eigenvalue weighted by atomic mass is 32.2. The second kappa shape index (κ2) is 12.8. The number of nitrogens with one attached hydrogen (secondary N) is 1. The molecule has 222 valence electrons. The van der Waals surface area contributed by atoms with Gasteiger partial charge in [0.25, 0.3) is 10.1 Å². The van der Waals surface area contributed by atoms with Crippen molar-refractivity contribution in [2.24, 2.45) is 12.5 Å². The first kappa shape index (κ1) is 30.9. The zero-order chi connectivity index (χ0) is 30.5. The van der Waals surface area contributed by atoms with Crippen molar-refractivity contribution in [2.75, 3.05) is 0 Å². The lowest BCUT2D eigenvalue weighted by Crippen LogP contribution is -2.42. The Balaban J connectivity index is 1.38. The van der Waals surface area contributed by atoms with Crippen LogP contribution in [0.4, 0.5) is 0 Å². The van der Waals surface area contributed by atoms with Crippen molar-refractivity contribution >= 4 is 16.0 Å². The van der Waals surface area contributed by atoms with Crippen LogP contribution in [0.25, 0.3) is 11.1 Å². The van der Waals surface area contributed by atoms with E-state index in [1.165, 1.54) is 12.1 Å². The molecule has 1 amide bonds. The molecule has 1 unspecified atom stereocenters. The van der Waals surface area contributed by atoms with E-state index in [4.69, 9.17) is 4.74 Å². The number of nitrogens with zero attached hydrogens (tertiary/aromatic N) is 4. The third kappa shape index (κ3) is 8.46. The number of carbonyl (C=O) groups excluding carboxylic acids is 1. The lowest BCUT2D eigenvalue weighted by molar-refractivity contribution is -0.129. The lowest BCUT2D eigenvalue weighted by Gasteiger charge is -2.25. The van der Waals surface area contributed by atoms with Gasteiger partial charge in [-0.3, -0.25) is 14.0 Å². The van der Waals surface area contributed by atoms with E-state index >= 15 is 0 Å². The summed E-state index contributed by atoms with van der Waals surface area (Å²) in [4.78, 5) is 21.3. The molecule has 4 aromatic rings. The van der Waals surface area contributed by atoms with Crippen molar-refractivity contribution in [1.82, 2.24) is 25.1 Å². The molecule has 2 aromatic carbocycles. The fourth-order valence-electron chi connectivity index (χ4n) is 4.36. The van der Waals surface area contributed by atoms with Gasteiger partial charge in [-0.1, -0.05) is 39.0 Å². The predicted molar refractivity (Wildman–Crippen MR) is 160 cm³/mol. The lowest BCUT2D eigenvalue weighted by atomic mass is 9.93. The van der Waals surface area contributed by atoms with Crippen LogP contribution in [-0.2, 0) is 34.8 Å². The number of hydrogen-bond acceptors (Lipinski definition) is 7. The summed E-state index contributed by atoms with van der Waals surface area (Å²) < 4.78 is 40.2. The van der Waals surface area contributed by atoms with Gasteiger partial charge in [0.2, 0.25) is 5.91 Å². The van der Waals surface area contributed by atoms with Crippen LogP contribution in [-0.4, -0.2) is 44.7 Å². The first-order valence-corrected chi connectivity index (χ1v) is 15.2. The molecular formula is C31H37N5O5S. The first-order valence-electron chi connectivity index (χ1n) is 13.7. The minimum absolute atomic E-state index is 0.0470. The van der Waals surface area contributed by atoms with Crippen LogP contribution in [0.2, 0.25) is 0 Å². The molecule has 0 saturated heterocycles. The molecule has 2 N–H and O–H groups in total. The molecule has 0 fully saturated rings. The summed E-state index contributed by atoms with van der Waals surface area (Å²) in [7, 11) is -2.44. The number of aryl methyl sites for hydroxylation is 4. The van der Waals surface area contributed by atoms with E-state index < -0.39 is 15.5 Å². The van der Waals surface area contributed by atoms with Crippen LogP contribution >= 0.6 is 0 Å². The van der Waals surface area contributed by atoms with Gasteiger partial charge in [-0.2, -0.15) is 13.5 Å². The van der Waals surface area contributed by atoms with E-state index in [0.29, 0.717) is 25.0 Å². The maximum Gasteiger partial charge on any atom is 0.321 e. The van der Waals surface area contributed by atoms with Gasteiger partial charge in [-0.05, 0) is 73.6 Å². The van der Waals surface area contributed by atoms with Gasteiger partial charge < -0.3 is 10.1 Å². The monoisotopic (exact) mass is 591 g/mol. The summed E-state index contributed by atoms with van der Waals surface area (Å²) in [5.74, 6) is 0.564. The standard InChI is InChI=1S/C31H37N5O5S/c1-21-6-15-28(42(38,39)40)16-23(21)10-12-26(35-29(37)31(2,3)4)11-7-22-8-13-27(14-9-22)41-30-32-17-24(18-33-30)25-19-34-36(5)20-25/h6,8-9,13-20,26H,7,10-12H2,1-5H3,(H,35,37)(H,38,39,40). The molecule has 42 heavy (non-hydrogen) atoms. The van der Waals surface area contributed by atoms with Crippen LogP contribution in [0.1, 0.15) is 50.3 Å². The number of ether oxygens (including phenoxy) is 1. The normalized spacial score (nSPS) is 12.6. The summed E-state index contributed by atoms with van der Waals surface area (Å²) in [5.41, 5.74) is 4.05. The van der Waals surface area contributed by atoms with Crippen LogP contribution in [0, 0.1) is 12.3 Å². The van der Waals surface area contributed by atoms with Crippen molar-refractivity contribution in [2.45, 2.75) is 64.3 Å². The molecule has 4 rings (SSSR count). The summed E-state index contributed by atoms with van der Waals surface area (Å²) in [6, 6.07) is 12.4. The Bertz CT molecular complexity index is 1630. The van der Waals surface area contributed by atoms with Crippen molar-refractivity contribution in [3.63, 3.8) is 0 Å². The maximum absolute atomic E-state index is 12.8. The quantitative estimate of drug-likeness (QED) is 0.224. The smallest absolute Gasteiger partial charge is 0.321 e. The van der Waals surface area contributed by atoms with E-state index in [-0.39, 0.29) is 22.9 Å². The Labute approximate surface area is 246 Å². The minimum Gasteiger partial charge on any atom is -0.424 e. The van der Waals surface area contributed by atoms with Crippen molar-refractivity contribution in [3.8, 4) is 22.9 Å². The number of aromatic nitrogens is 4. The Kier molecular flexibility index (Phi) is 9.43. The second-order valence-electron chi connectivity index (χ2n) is 11.5. The van der Waals surface area contributed by atoms with E-state index in [1.54, 1.807) is 29.3 Å². The van der Waals surface area contributed by atoms with Gasteiger partial charge in [-0.15, -0.1) is 0 Å². The van der Waals surface area contributed by atoms with Crippen LogP contribution in [0.3, 0.4) is 0 Å². The molecule has 0 aliphatic carbocycles. The molecule has 2 heterocycles. The molecule has 2 aromatic heterocycles. The zero-order valence-corrected chi connectivity index (χ0v) is 25.4. The number of amides is 1. The Morgan fingerprint density at radius 1 is 1.00 bits per heavy atom. The molecule has 11 heteroatoms. The molecular weight excluding hydrogens is 554 g/mol. The molecule has 0 radical (unpaired) electrons. The molecule has 0 bridgehead atoms. The fraction of sp³-hybridized carbons (Fsp3) is 0.355. The molecule has 0 saturated carbocycles. The number of carbonyl (C=O) groups is 1. The summed E-state index contributed by atoms with van der Waals surface area (Å²) in [6.45, 7) is 7.51. The molecule has 1 atom stereocenters. The average Bonchev–Trinajstić information content (AvgIpc) is 3.37.